The Morgan fingerprint density at radius 2 is 1.63 bits per heavy atom. The lowest BCUT2D eigenvalue weighted by Gasteiger charge is -2.12. The SMILES string of the molecule is Cc1ccc(S(=O)(=O)OCCn2ccc3cccc(OCc4ccccc4)c32)cc1. The first-order valence-electron chi connectivity index (χ1n) is 9.74. The van der Waals surface area contributed by atoms with Crippen molar-refractivity contribution in [3.05, 3.63) is 96.2 Å². The Bertz CT molecular complexity index is 1230. The molecule has 1 heterocycles. The Balaban J connectivity index is 1.47. The monoisotopic (exact) mass is 421 g/mol. The molecule has 6 heteroatoms. The van der Waals surface area contributed by atoms with Gasteiger partial charge in [-0.15, -0.1) is 0 Å². The molecule has 0 saturated carbocycles. The quantitative estimate of drug-likeness (QED) is 0.378. The van der Waals surface area contributed by atoms with E-state index < -0.39 is 10.1 Å². The van der Waals surface area contributed by atoms with Crippen molar-refractivity contribution < 1.29 is 17.3 Å². The van der Waals surface area contributed by atoms with Crippen LogP contribution in [0.2, 0.25) is 0 Å². The zero-order valence-electron chi connectivity index (χ0n) is 16.7. The van der Waals surface area contributed by atoms with E-state index in [0.29, 0.717) is 13.2 Å². The first-order valence-corrected chi connectivity index (χ1v) is 11.1. The van der Waals surface area contributed by atoms with E-state index in [1.807, 2.05) is 72.3 Å². The maximum atomic E-state index is 12.4. The van der Waals surface area contributed by atoms with E-state index in [4.69, 9.17) is 8.92 Å². The molecular formula is C24H23NO4S. The van der Waals surface area contributed by atoms with E-state index in [-0.39, 0.29) is 11.5 Å². The summed E-state index contributed by atoms with van der Waals surface area (Å²) in [6, 6.07) is 24.5. The molecule has 0 unspecified atom stereocenters. The minimum atomic E-state index is -3.78. The van der Waals surface area contributed by atoms with Crippen LogP contribution in [0.5, 0.6) is 5.75 Å². The Hall–Kier alpha value is -3.09. The standard InChI is InChI=1S/C24H23NO4S/c1-19-10-12-22(13-11-19)30(26,27)29-17-16-25-15-14-21-8-5-9-23(24(21)25)28-18-20-6-3-2-4-7-20/h2-15H,16-18H2,1H3. The molecule has 4 rings (SSSR count). The molecule has 5 nitrogen and oxygen atoms in total. The Kier molecular flexibility index (Phi) is 5.88. The van der Waals surface area contributed by atoms with Crippen molar-refractivity contribution in [2.75, 3.05) is 6.61 Å². The van der Waals surface area contributed by atoms with Gasteiger partial charge in [-0.25, -0.2) is 0 Å². The molecule has 30 heavy (non-hydrogen) atoms. The highest BCUT2D eigenvalue weighted by Crippen LogP contribution is 2.27. The number of aryl methyl sites for hydroxylation is 1. The van der Waals surface area contributed by atoms with Crippen LogP contribution in [0.15, 0.2) is 90.0 Å². The van der Waals surface area contributed by atoms with Gasteiger partial charge in [0.1, 0.15) is 12.4 Å². The molecule has 0 saturated heterocycles. The molecule has 0 spiro atoms. The smallest absolute Gasteiger partial charge is 0.297 e. The van der Waals surface area contributed by atoms with Gasteiger partial charge in [0.25, 0.3) is 10.1 Å². The van der Waals surface area contributed by atoms with Gasteiger partial charge in [0.2, 0.25) is 0 Å². The predicted octanol–water partition coefficient (Wildman–Crippen LogP) is 4.93. The second-order valence-corrected chi connectivity index (χ2v) is 8.68. The van der Waals surface area contributed by atoms with Gasteiger partial charge >= 0.3 is 0 Å². The molecule has 0 amide bonds. The first-order chi connectivity index (χ1) is 14.5. The summed E-state index contributed by atoms with van der Waals surface area (Å²) in [5.41, 5.74) is 3.00. The van der Waals surface area contributed by atoms with Gasteiger partial charge in [-0.2, -0.15) is 8.42 Å². The van der Waals surface area contributed by atoms with Crippen molar-refractivity contribution in [3.8, 4) is 5.75 Å². The van der Waals surface area contributed by atoms with Crippen molar-refractivity contribution in [1.29, 1.82) is 0 Å². The number of rotatable bonds is 8. The van der Waals surface area contributed by atoms with Crippen molar-refractivity contribution in [3.63, 3.8) is 0 Å². The summed E-state index contributed by atoms with van der Waals surface area (Å²) in [4.78, 5) is 0.164. The van der Waals surface area contributed by atoms with Crippen LogP contribution in [0.25, 0.3) is 10.9 Å². The van der Waals surface area contributed by atoms with Crippen molar-refractivity contribution in [1.82, 2.24) is 4.57 Å². The summed E-state index contributed by atoms with van der Waals surface area (Å²) < 4.78 is 38.1. The summed E-state index contributed by atoms with van der Waals surface area (Å²) in [5, 5.41) is 1.03. The van der Waals surface area contributed by atoms with E-state index in [1.165, 1.54) is 0 Å². The van der Waals surface area contributed by atoms with Gasteiger partial charge < -0.3 is 9.30 Å². The van der Waals surface area contributed by atoms with Crippen LogP contribution in [0.1, 0.15) is 11.1 Å². The molecule has 0 radical (unpaired) electrons. The molecule has 0 N–H and O–H groups in total. The number of ether oxygens (including phenoxy) is 1. The molecule has 1 aromatic heterocycles. The lowest BCUT2D eigenvalue weighted by molar-refractivity contribution is 0.297. The average Bonchev–Trinajstić information content (AvgIpc) is 3.17. The number of fused-ring (bicyclic) bond motifs is 1. The third-order valence-electron chi connectivity index (χ3n) is 4.87. The normalized spacial score (nSPS) is 11.6. The first kappa shape index (κ1) is 20.2. The van der Waals surface area contributed by atoms with E-state index >= 15 is 0 Å². The third kappa shape index (κ3) is 4.56. The molecule has 4 aromatic rings. The molecule has 0 aliphatic heterocycles. The number of nitrogens with zero attached hydrogens (tertiary/aromatic N) is 1. The van der Waals surface area contributed by atoms with Crippen LogP contribution < -0.4 is 4.74 Å². The number of hydrogen-bond acceptors (Lipinski definition) is 4. The van der Waals surface area contributed by atoms with Crippen LogP contribution in [-0.4, -0.2) is 19.6 Å². The molecular weight excluding hydrogens is 398 g/mol. The second-order valence-electron chi connectivity index (χ2n) is 7.07. The molecule has 0 aliphatic rings. The minimum Gasteiger partial charge on any atom is -0.487 e. The summed E-state index contributed by atoms with van der Waals surface area (Å²) in [5.74, 6) is 0.753. The van der Waals surface area contributed by atoms with Crippen molar-refractivity contribution in [2.24, 2.45) is 0 Å². The Morgan fingerprint density at radius 1 is 0.867 bits per heavy atom. The van der Waals surface area contributed by atoms with Crippen molar-refractivity contribution >= 4 is 21.0 Å². The largest absolute Gasteiger partial charge is 0.487 e. The minimum absolute atomic E-state index is 0.0347. The molecule has 154 valence electrons. The van der Waals surface area contributed by atoms with Crippen LogP contribution in [0.4, 0.5) is 0 Å². The van der Waals surface area contributed by atoms with Gasteiger partial charge in [-0.1, -0.05) is 60.2 Å². The molecule has 0 aliphatic carbocycles. The fourth-order valence-electron chi connectivity index (χ4n) is 3.28. The van der Waals surface area contributed by atoms with Gasteiger partial charge in [-0.05, 0) is 36.8 Å². The fraction of sp³-hybridized carbons (Fsp3) is 0.167. The van der Waals surface area contributed by atoms with Crippen molar-refractivity contribution in [2.45, 2.75) is 25.0 Å². The maximum absolute atomic E-state index is 12.4. The number of hydrogen-bond donors (Lipinski definition) is 0. The van der Waals surface area contributed by atoms with Gasteiger partial charge in [-0.3, -0.25) is 4.18 Å². The topological polar surface area (TPSA) is 57.5 Å². The van der Waals surface area contributed by atoms with Crippen LogP contribution in [-0.2, 0) is 27.5 Å². The summed E-state index contributed by atoms with van der Waals surface area (Å²) in [6.45, 7) is 2.79. The highest BCUT2D eigenvalue weighted by atomic mass is 32.2. The Labute approximate surface area is 176 Å². The summed E-state index contributed by atoms with van der Waals surface area (Å²) in [6.07, 6.45) is 1.92. The summed E-state index contributed by atoms with van der Waals surface area (Å²) >= 11 is 0. The average molecular weight is 422 g/mol. The number of aromatic nitrogens is 1. The predicted molar refractivity (Wildman–Crippen MR) is 117 cm³/mol. The van der Waals surface area contributed by atoms with Crippen LogP contribution >= 0.6 is 0 Å². The maximum Gasteiger partial charge on any atom is 0.297 e. The molecule has 0 bridgehead atoms. The zero-order chi connectivity index (χ0) is 21.0. The van der Waals surface area contributed by atoms with E-state index in [9.17, 15) is 8.42 Å². The third-order valence-corrected chi connectivity index (χ3v) is 6.20. The molecule has 3 aromatic carbocycles. The highest BCUT2D eigenvalue weighted by molar-refractivity contribution is 7.86. The van der Waals surface area contributed by atoms with Gasteiger partial charge in [0.05, 0.1) is 17.0 Å². The van der Waals surface area contributed by atoms with E-state index in [0.717, 1.165) is 27.8 Å². The van der Waals surface area contributed by atoms with Crippen LogP contribution in [0, 0.1) is 6.92 Å². The van der Waals surface area contributed by atoms with E-state index in [2.05, 4.69) is 0 Å². The van der Waals surface area contributed by atoms with Crippen LogP contribution in [0.3, 0.4) is 0 Å². The lowest BCUT2D eigenvalue weighted by atomic mass is 10.2. The molecule has 0 atom stereocenters. The van der Waals surface area contributed by atoms with Gasteiger partial charge in [0.15, 0.2) is 0 Å². The summed E-state index contributed by atoms with van der Waals surface area (Å²) in [7, 11) is -3.78. The fourth-order valence-corrected chi connectivity index (χ4v) is 4.18. The Morgan fingerprint density at radius 3 is 2.40 bits per heavy atom. The number of benzene rings is 3. The lowest BCUT2D eigenvalue weighted by Crippen LogP contribution is -2.12. The van der Waals surface area contributed by atoms with Gasteiger partial charge in [0, 0.05) is 18.1 Å². The molecule has 0 fully saturated rings. The number of para-hydroxylation sites is 1. The highest BCUT2D eigenvalue weighted by Gasteiger charge is 2.15. The second kappa shape index (κ2) is 8.73. The van der Waals surface area contributed by atoms with E-state index in [1.54, 1.807) is 24.3 Å². The zero-order valence-corrected chi connectivity index (χ0v) is 17.5.